The Morgan fingerprint density at radius 2 is 2.05 bits per heavy atom. The number of halogens is 1. The van der Waals surface area contributed by atoms with E-state index >= 15 is 0 Å². The molecule has 1 N–H and O–H groups in total. The number of ether oxygens (including phenoxy) is 1. The van der Waals surface area contributed by atoms with Crippen molar-refractivity contribution in [1.82, 2.24) is 15.1 Å². The van der Waals surface area contributed by atoms with Gasteiger partial charge in [-0.2, -0.15) is 5.10 Å². The summed E-state index contributed by atoms with van der Waals surface area (Å²) in [6, 6.07) is 6.70. The largest absolute Gasteiger partial charge is 0.493 e. The smallest absolute Gasteiger partial charge is 0.161 e. The van der Waals surface area contributed by atoms with Crippen molar-refractivity contribution < 1.29 is 4.74 Å². The lowest BCUT2D eigenvalue weighted by molar-refractivity contribution is 0.396. The molecule has 0 amide bonds. The zero-order valence-corrected chi connectivity index (χ0v) is 14.7. The summed E-state index contributed by atoms with van der Waals surface area (Å²) in [7, 11) is 3.64. The number of aryl methyl sites for hydroxylation is 1. The van der Waals surface area contributed by atoms with Crippen molar-refractivity contribution in [3.05, 3.63) is 45.7 Å². The number of rotatable bonds is 5. The SMILES string of the molecule is CNC(c1ccc(C)c(Br)c1)c1c(OC)cnn1C(C)C. The number of benzene rings is 1. The fraction of sp³-hybridized carbons (Fsp3) is 0.438. The van der Waals surface area contributed by atoms with E-state index in [4.69, 9.17) is 4.74 Å². The zero-order chi connectivity index (χ0) is 15.6. The molecule has 0 aliphatic heterocycles. The van der Waals surface area contributed by atoms with Gasteiger partial charge < -0.3 is 10.1 Å². The van der Waals surface area contributed by atoms with Gasteiger partial charge in [0.05, 0.1) is 19.3 Å². The van der Waals surface area contributed by atoms with Gasteiger partial charge >= 0.3 is 0 Å². The summed E-state index contributed by atoms with van der Waals surface area (Å²) >= 11 is 3.61. The van der Waals surface area contributed by atoms with E-state index in [9.17, 15) is 0 Å². The molecule has 21 heavy (non-hydrogen) atoms. The highest BCUT2D eigenvalue weighted by atomic mass is 79.9. The fourth-order valence-electron chi connectivity index (χ4n) is 2.45. The third kappa shape index (κ3) is 3.14. The second kappa shape index (κ2) is 6.62. The van der Waals surface area contributed by atoms with E-state index < -0.39 is 0 Å². The Morgan fingerprint density at radius 3 is 2.57 bits per heavy atom. The van der Waals surface area contributed by atoms with Gasteiger partial charge in [-0.25, -0.2) is 0 Å². The third-order valence-electron chi connectivity index (χ3n) is 3.60. The molecule has 1 unspecified atom stereocenters. The monoisotopic (exact) mass is 351 g/mol. The van der Waals surface area contributed by atoms with Gasteiger partial charge in [0.25, 0.3) is 0 Å². The lowest BCUT2D eigenvalue weighted by Gasteiger charge is -2.22. The van der Waals surface area contributed by atoms with Crippen LogP contribution in [0.4, 0.5) is 0 Å². The van der Waals surface area contributed by atoms with Crippen LogP contribution in [0.5, 0.6) is 5.75 Å². The van der Waals surface area contributed by atoms with E-state index in [0.29, 0.717) is 0 Å². The van der Waals surface area contributed by atoms with Gasteiger partial charge in [-0.05, 0) is 45.0 Å². The zero-order valence-electron chi connectivity index (χ0n) is 13.1. The first-order valence-electron chi connectivity index (χ1n) is 7.04. The molecule has 1 aromatic heterocycles. The van der Waals surface area contributed by atoms with Crippen LogP contribution in [0.1, 0.15) is 42.8 Å². The molecule has 0 saturated heterocycles. The van der Waals surface area contributed by atoms with Crippen molar-refractivity contribution in [3.63, 3.8) is 0 Å². The number of nitrogens with zero attached hydrogens (tertiary/aromatic N) is 2. The van der Waals surface area contributed by atoms with Gasteiger partial charge in [0.15, 0.2) is 5.75 Å². The maximum absolute atomic E-state index is 5.50. The summed E-state index contributed by atoms with van der Waals surface area (Å²) in [5.41, 5.74) is 3.44. The van der Waals surface area contributed by atoms with E-state index in [0.717, 1.165) is 15.9 Å². The molecule has 1 heterocycles. The molecule has 0 radical (unpaired) electrons. The number of hydrogen-bond donors (Lipinski definition) is 1. The lowest BCUT2D eigenvalue weighted by Crippen LogP contribution is -2.23. The molecule has 5 heteroatoms. The van der Waals surface area contributed by atoms with Crippen molar-refractivity contribution in [2.75, 3.05) is 14.2 Å². The summed E-state index contributed by atoms with van der Waals surface area (Å²) in [5, 5.41) is 7.84. The van der Waals surface area contributed by atoms with Crippen LogP contribution in [-0.4, -0.2) is 23.9 Å². The maximum Gasteiger partial charge on any atom is 0.161 e. The molecular formula is C16H22BrN3O. The summed E-state index contributed by atoms with van der Waals surface area (Å²) in [6.45, 7) is 6.32. The number of nitrogens with one attached hydrogen (secondary N) is 1. The number of methoxy groups -OCH3 is 1. The van der Waals surface area contributed by atoms with Crippen LogP contribution in [0, 0.1) is 6.92 Å². The minimum atomic E-state index is 0.0294. The second-order valence-corrected chi connectivity index (χ2v) is 6.22. The Labute approximate surface area is 134 Å². The fourth-order valence-corrected chi connectivity index (χ4v) is 2.85. The average molecular weight is 352 g/mol. The van der Waals surface area contributed by atoms with Crippen molar-refractivity contribution in [1.29, 1.82) is 0 Å². The first-order chi connectivity index (χ1) is 9.99. The highest BCUT2D eigenvalue weighted by Crippen LogP contribution is 2.33. The highest BCUT2D eigenvalue weighted by Gasteiger charge is 2.23. The molecule has 0 spiro atoms. The Bertz CT molecular complexity index is 622. The van der Waals surface area contributed by atoms with Gasteiger partial charge in [-0.3, -0.25) is 4.68 Å². The third-order valence-corrected chi connectivity index (χ3v) is 4.45. The predicted octanol–water partition coefficient (Wildman–Crippen LogP) is 3.85. The lowest BCUT2D eigenvalue weighted by atomic mass is 10.0. The normalized spacial score (nSPS) is 12.7. The molecule has 4 nitrogen and oxygen atoms in total. The van der Waals surface area contributed by atoms with Gasteiger partial charge in [0.1, 0.15) is 5.69 Å². The molecule has 0 fully saturated rings. The van der Waals surface area contributed by atoms with Crippen LogP contribution in [-0.2, 0) is 0 Å². The van der Waals surface area contributed by atoms with Gasteiger partial charge in [0.2, 0.25) is 0 Å². The van der Waals surface area contributed by atoms with Gasteiger partial charge in [-0.15, -0.1) is 0 Å². The molecule has 1 atom stereocenters. The van der Waals surface area contributed by atoms with E-state index in [1.54, 1.807) is 13.3 Å². The molecule has 2 rings (SSSR count). The van der Waals surface area contributed by atoms with E-state index in [1.165, 1.54) is 11.1 Å². The Morgan fingerprint density at radius 1 is 1.33 bits per heavy atom. The van der Waals surface area contributed by atoms with Crippen LogP contribution in [0.25, 0.3) is 0 Å². The predicted molar refractivity (Wildman–Crippen MR) is 88.9 cm³/mol. The minimum Gasteiger partial charge on any atom is -0.493 e. The van der Waals surface area contributed by atoms with Crippen molar-refractivity contribution in [2.45, 2.75) is 32.9 Å². The van der Waals surface area contributed by atoms with E-state index in [2.05, 4.69) is 65.3 Å². The molecule has 0 bridgehead atoms. The quantitative estimate of drug-likeness (QED) is 0.888. The van der Waals surface area contributed by atoms with Crippen LogP contribution in [0.2, 0.25) is 0 Å². The Hall–Kier alpha value is -1.33. The molecule has 0 aliphatic rings. The van der Waals surface area contributed by atoms with Crippen LogP contribution >= 0.6 is 15.9 Å². The second-order valence-electron chi connectivity index (χ2n) is 5.37. The highest BCUT2D eigenvalue weighted by molar-refractivity contribution is 9.10. The summed E-state index contributed by atoms with van der Waals surface area (Å²) in [6.07, 6.45) is 1.78. The van der Waals surface area contributed by atoms with E-state index in [-0.39, 0.29) is 12.1 Å². The molecule has 114 valence electrons. The summed E-state index contributed by atoms with van der Waals surface area (Å²) in [4.78, 5) is 0. The summed E-state index contributed by atoms with van der Waals surface area (Å²) < 4.78 is 8.61. The van der Waals surface area contributed by atoms with E-state index in [1.807, 2.05) is 11.7 Å². The molecule has 1 aromatic carbocycles. The molecular weight excluding hydrogens is 330 g/mol. The maximum atomic E-state index is 5.50. The Balaban J connectivity index is 2.55. The topological polar surface area (TPSA) is 39.1 Å². The summed E-state index contributed by atoms with van der Waals surface area (Å²) in [5.74, 6) is 0.805. The first-order valence-corrected chi connectivity index (χ1v) is 7.83. The van der Waals surface area contributed by atoms with Crippen LogP contribution < -0.4 is 10.1 Å². The van der Waals surface area contributed by atoms with Crippen LogP contribution in [0.3, 0.4) is 0 Å². The first kappa shape index (κ1) is 16.0. The van der Waals surface area contributed by atoms with Gasteiger partial charge in [-0.1, -0.05) is 28.1 Å². The van der Waals surface area contributed by atoms with Crippen LogP contribution in [0.15, 0.2) is 28.9 Å². The molecule has 0 aliphatic carbocycles. The average Bonchev–Trinajstić information content (AvgIpc) is 2.87. The standard InChI is InChI=1S/C16H22BrN3O/c1-10(2)20-16(14(21-5)9-19-20)15(18-4)12-7-6-11(3)13(17)8-12/h6-10,15,18H,1-5H3. The van der Waals surface area contributed by atoms with Crippen molar-refractivity contribution in [3.8, 4) is 5.75 Å². The number of hydrogen-bond acceptors (Lipinski definition) is 3. The molecule has 2 aromatic rings. The van der Waals surface area contributed by atoms with Crippen molar-refractivity contribution >= 4 is 15.9 Å². The van der Waals surface area contributed by atoms with Gasteiger partial charge in [0, 0.05) is 10.5 Å². The number of aromatic nitrogens is 2. The molecule has 0 saturated carbocycles. The Kier molecular flexibility index (Phi) is 5.06. The van der Waals surface area contributed by atoms with Crippen molar-refractivity contribution in [2.24, 2.45) is 0 Å². The minimum absolute atomic E-state index is 0.0294.